The van der Waals surface area contributed by atoms with Crippen molar-refractivity contribution in [3.63, 3.8) is 0 Å². The van der Waals surface area contributed by atoms with E-state index < -0.39 is 0 Å². The molecule has 6 nitrogen and oxygen atoms in total. The number of hydrogen-bond acceptors (Lipinski definition) is 6. The smallest absolute Gasteiger partial charge is 0.230 e. The molecule has 1 N–H and O–H groups in total. The number of hydrogen-bond donors (Lipinski definition) is 1. The van der Waals surface area contributed by atoms with Crippen molar-refractivity contribution in [2.75, 3.05) is 10.7 Å². The van der Waals surface area contributed by atoms with E-state index in [1.54, 1.807) is 4.90 Å². The summed E-state index contributed by atoms with van der Waals surface area (Å²) in [5.74, 6) is 0.437. The Morgan fingerprint density at radius 1 is 1.30 bits per heavy atom. The molecular weight excluding hydrogens is 332 g/mol. The topological polar surface area (TPSA) is 75.2 Å². The molecule has 0 bridgehead atoms. The maximum absolute atomic E-state index is 12.1. The second kappa shape index (κ2) is 8.63. The average molecular weight is 357 g/mol. The molecule has 2 rings (SSSR count). The fraction of sp³-hybridized carbons (Fsp3) is 0.733. The molecule has 1 fully saturated rings. The van der Waals surface area contributed by atoms with Gasteiger partial charge in [-0.15, -0.1) is 10.2 Å². The van der Waals surface area contributed by atoms with Gasteiger partial charge in [-0.1, -0.05) is 43.9 Å². The fourth-order valence-corrected chi connectivity index (χ4v) is 3.96. The Balaban J connectivity index is 1.89. The van der Waals surface area contributed by atoms with Gasteiger partial charge < -0.3 is 5.32 Å². The van der Waals surface area contributed by atoms with Crippen molar-refractivity contribution < 1.29 is 9.59 Å². The molecule has 1 heterocycles. The lowest BCUT2D eigenvalue weighted by atomic mass is 10.2. The van der Waals surface area contributed by atoms with Crippen molar-refractivity contribution in [1.82, 2.24) is 15.5 Å². The number of aromatic nitrogens is 2. The molecule has 0 aromatic carbocycles. The predicted octanol–water partition coefficient (Wildman–Crippen LogP) is 2.84. The molecule has 1 aromatic rings. The third kappa shape index (κ3) is 5.17. The Kier molecular flexibility index (Phi) is 6.83. The van der Waals surface area contributed by atoms with Gasteiger partial charge in [-0.2, -0.15) is 0 Å². The average Bonchev–Trinajstić information content (AvgIpc) is 3.28. The van der Waals surface area contributed by atoms with Crippen LogP contribution in [-0.2, 0) is 9.59 Å². The highest BCUT2D eigenvalue weighted by Gasteiger charge is 2.35. The molecule has 1 aromatic heterocycles. The van der Waals surface area contributed by atoms with E-state index in [-0.39, 0.29) is 23.9 Å². The molecule has 8 heteroatoms. The van der Waals surface area contributed by atoms with Crippen molar-refractivity contribution in [2.45, 2.75) is 69.3 Å². The molecule has 1 saturated carbocycles. The summed E-state index contributed by atoms with van der Waals surface area (Å²) in [6.07, 6.45) is 4.41. The molecule has 0 atom stereocenters. The van der Waals surface area contributed by atoms with Crippen LogP contribution in [0.15, 0.2) is 4.34 Å². The molecule has 1 aliphatic rings. The zero-order chi connectivity index (χ0) is 16.8. The maximum Gasteiger partial charge on any atom is 0.230 e. The Morgan fingerprint density at radius 3 is 2.57 bits per heavy atom. The van der Waals surface area contributed by atoms with Gasteiger partial charge in [0, 0.05) is 18.5 Å². The molecule has 0 spiro atoms. The monoisotopic (exact) mass is 356 g/mol. The largest absolute Gasteiger partial charge is 0.353 e. The van der Waals surface area contributed by atoms with E-state index in [0.29, 0.717) is 17.3 Å². The second-order valence-corrected chi connectivity index (χ2v) is 7.75. The SMILES string of the molecule is CCC(=O)N(c1nnc(SCC(=O)NC(CC)CC)s1)C1CC1. The van der Waals surface area contributed by atoms with E-state index in [2.05, 4.69) is 29.4 Å². The highest BCUT2D eigenvalue weighted by molar-refractivity contribution is 8.01. The highest BCUT2D eigenvalue weighted by Crippen LogP contribution is 2.36. The lowest BCUT2D eigenvalue weighted by molar-refractivity contribution is -0.119. The summed E-state index contributed by atoms with van der Waals surface area (Å²) in [7, 11) is 0. The van der Waals surface area contributed by atoms with Crippen LogP contribution < -0.4 is 10.2 Å². The van der Waals surface area contributed by atoms with E-state index in [1.165, 1.54) is 23.1 Å². The van der Waals surface area contributed by atoms with Crippen LogP contribution in [0.5, 0.6) is 0 Å². The Bertz CT molecular complexity index is 541. The minimum Gasteiger partial charge on any atom is -0.353 e. The number of anilines is 1. The van der Waals surface area contributed by atoms with E-state index in [1.807, 2.05) is 6.92 Å². The standard InChI is InChI=1S/C15H24N4O2S2/c1-4-10(5-2)16-12(20)9-22-15-18-17-14(23-15)19(11-7-8-11)13(21)6-3/h10-11H,4-9H2,1-3H3,(H,16,20). The van der Waals surface area contributed by atoms with Crippen LogP contribution in [0.1, 0.15) is 52.9 Å². The van der Waals surface area contributed by atoms with Gasteiger partial charge in [0.25, 0.3) is 0 Å². The summed E-state index contributed by atoms with van der Waals surface area (Å²) in [6.45, 7) is 5.99. The maximum atomic E-state index is 12.1. The third-order valence-electron chi connectivity index (χ3n) is 3.76. The number of nitrogens with one attached hydrogen (secondary N) is 1. The minimum absolute atomic E-state index is 0.0177. The highest BCUT2D eigenvalue weighted by atomic mass is 32.2. The van der Waals surface area contributed by atoms with Crippen LogP contribution in [0, 0.1) is 0 Å². The van der Waals surface area contributed by atoms with Gasteiger partial charge >= 0.3 is 0 Å². The van der Waals surface area contributed by atoms with E-state index >= 15 is 0 Å². The van der Waals surface area contributed by atoms with E-state index in [9.17, 15) is 9.59 Å². The Labute approximate surface area is 145 Å². The van der Waals surface area contributed by atoms with Crippen molar-refractivity contribution in [3.8, 4) is 0 Å². The molecule has 23 heavy (non-hydrogen) atoms. The van der Waals surface area contributed by atoms with Gasteiger partial charge in [0.15, 0.2) is 4.34 Å². The van der Waals surface area contributed by atoms with Crippen LogP contribution in [0.4, 0.5) is 5.13 Å². The Morgan fingerprint density at radius 2 is 2.00 bits per heavy atom. The van der Waals surface area contributed by atoms with Gasteiger partial charge in [-0.25, -0.2) is 0 Å². The first-order valence-electron chi connectivity index (χ1n) is 8.16. The van der Waals surface area contributed by atoms with Gasteiger partial charge in [-0.3, -0.25) is 14.5 Å². The summed E-state index contributed by atoms with van der Waals surface area (Å²) >= 11 is 2.77. The number of carbonyl (C=O) groups is 2. The van der Waals surface area contributed by atoms with Gasteiger partial charge in [-0.05, 0) is 25.7 Å². The number of amides is 2. The number of carbonyl (C=O) groups excluding carboxylic acids is 2. The van der Waals surface area contributed by atoms with E-state index in [4.69, 9.17) is 0 Å². The quantitative estimate of drug-likeness (QED) is 0.544. The van der Waals surface area contributed by atoms with Crippen molar-refractivity contribution >= 4 is 40.0 Å². The van der Waals surface area contributed by atoms with Crippen LogP contribution in [0.25, 0.3) is 0 Å². The first-order valence-corrected chi connectivity index (χ1v) is 9.96. The summed E-state index contributed by atoms with van der Waals surface area (Å²) in [5.41, 5.74) is 0. The predicted molar refractivity (Wildman–Crippen MR) is 93.9 cm³/mol. The molecule has 0 unspecified atom stereocenters. The van der Waals surface area contributed by atoms with Crippen LogP contribution in [0.2, 0.25) is 0 Å². The first kappa shape index (κ1) is 18.2. The lowest BCUT2D eigenvalue weighted by Crippen LogP contribution is -2.34. The van der Waals surface area contributed by atoms with Crippen molar-refractivity contribution in [2.24, 2.45) is 0 Å². The molecule has 1 aliphatic carbocycles. The molecule has 0 radical (unpaired) electrons. The minimum atomic E-state index is 0.0177. The normalized spacial score (nSPS) is 14.1. The molecular formula is C15H24N4O2S2. The van der Waals surface area contributed by atoms with Gasteiger partial charge in [0.05, 0.1) is 5.75 Å². The first-order chi connectivity index (χ1) is 11.1. The van der Waals surface area contributed by atoms with Crippen LogP contribution >= 0.6 is 23.1 Å². The lowest BCUT2D eigenvalue weighted by Gasteiger charge is -2.17. The van der Waals surface area contributed by atoms with Crippen molar-refractivity contribution in [1.29, 1.82) is 0 Å². The van der Waals surface area contributed by atoms with Gasteiger partial charge in [0.1, 0.15) is 0 Å². The number of nitrogens with zero attached hydrogens (tertiary/aromatic N) is 3. The second-order valence-electron chi connectivity index (χ2n) is 5.57. The van der Waals surface area contributed by atoms with Crippen LogP contribution in [0.3, 0.4) is 0 Å². The zero-order valence-electron chi connectivity index (χ0n) is 13.9. The summed E-state index contributed by atoms with van der Waals surface area (Å²) in [5, 5.41) is 11.9. The van der Waals surface area contributed by atoms with Crippen LogP contribution in [-0.4, -0.2) is 39.8 Å². The Hall–Kier alpha value is -1.15. The summed E-state index contributed by atoms with van der Waals surface area (Å²) < 4.78 is 0.731. The molecule has 128 valence electrons. The third-order valence-corrected chi connectivity index (χ3v) is 5.82. The molecule has 0 aliphatic heterocycles. The zero-order valence-corrected chi connectivity index (χ0v) is 15.5. The van der Waals surface area contributed by atoms with Gasteiger partial charge in [0.2, 0.25) is 16.9 Å². The number of rotatable bonds is 9. The summed E-state index contributed by atoms with van der Waals surface area (Å²) in [4.78, 5) is 25.7. The van der Waals surface area contributed by atoms with E-state index in [0.717, 1.165) is 30.0 Å². The molecule has 2 amide bonds. The fourth-order valence-electron chi connectivity index (χ4n) is 2.22. The summed E-state index contributed by atoms with van der Waals surface area (Å²) in [6, 6.07) is 0.520. The number of thioether (sulfide) groups is 1. The van der Waals surface area contributed by atoms with Crippen molar-refractivity contribution in [3.05, 3.63) is 0 Å². The molecule has 0 saturated heterocycles.